The van der Waals surface area contributed by atoms with Gasteiger partial charge in [-0.3, -0.25) is 0 Å². The molecule has 2 aliphatic rings. The quantitative estimate of drug-likeness (QED) is 0.123. The highest BCUT2D eigenvalue weighted by Gasteiger charge is 2.61. The van der Waals surface area contributed by atoms with Crippen molar-refractivity contribution in [2.24, 2.45) is 11.8 Å². The van der Waals surface area contributed by atoms with E-state index in [4.69, 9.17) is 0 Å². The number of benzene rings is 2. The zero-order chi connectivity index (χ0) is 53.8. The zero-order valence-corrected chi connectivity index (χ0v) is 58.2. The third-order valence-electron chi connectivity index (χ3n) is 20.7. The second-order valence-corrected chi connectivity index (χ2v) is 59.0. The van der Waals surface area contributed by atoms with E-state index < -0.39 is 60.6 Å². The van der Waals surface area contributed by atoms with Crippen LogP contribution in [0.5, 0.6) is 0 Å². The Morgan fingerprint density at radius 3 is 0.543 bits per heavy atom. The predicted molar refractivity (Wildman–Crippen MR) is 336 cm³/mol. The molecule has 2 heterocycles. The molecular formula is C64H112Al2Si4. The molecular weight excluding hydrogens is 935 g/mol. The van der Waals surface area contributed by atoms with Crippen LogP contribution in [0.4, 0.5) is 0 Å². The maximum atomic E-state index is 3.15. The fraction of sp³-hybridized carbons (Fsp3) is 0.688. The van der Waals surface area contributed by atoms with Crippen LogP contribution < -0.4 is 8.85 Å². The Labute approximate surface area is 450 Å². The zero-order valence-electron chi connectivity index (χ0n) is 51.9. The lowest BCUT2D eigenvalue weighted by molar-refractivity contribution is 0.662. The summed E-state index contributed by atoms with van der Waals surface area (Å²) in [5, 5.41) is 0. The summed E-state index contributed by atoms with van der Waals surface area (Å²) in [4.78, 5) is 0. The third kappa shape index (κ3) is 10.1. The Kier molecular flexibility index (Phi) is 20.6. The van der Waals surface area contributed by atoms with Gasteiger partial charge < -0.3 is 0 Å². The van der Waals surface area contributed by atoms with Crippen LogP contribution in [0.15, 0.2) is 64.8 Å². The Balaban J connectivity index is 2.56. The van der Waals surface area contributed by atoms with Crippen molar-refractivity contribution in [1.29, 1.82) is 0 Å². The first-order chi connectivity index (χ1) is 32.1. The SMILES string of the molecule is Cc1cc(C)[c]([Al]2[C]([Si](C(C)C)(C(C)C)C(C)C)=CC(C3C=[C]([Si](C(C)C)(C(C)C)C(C)C)[Al]([c]4c(C)cc(C)cc4C)[C]([Si](C(C)C)(C(C)C)C(C)C)=C3)C=[C]2[Si](C(C)C)(C(C)C)C(C)C)c(C)c1. The van der Waals surface area contributed by atoms with Gasteiger partial charge in [0.1, 0.15) is 0 Å². The molecule has 2 aliphatic heterocycles. The summed E-state index contributed by atoms with van der Waals surface area (Å²) in [6.07, 6.45) is 12.6. The first-order valence-corrected chi connectivity index (χ1v) is 41.6. The van der Waals surface area contributed by atoms with Gasteiger partial charge in [0.15, 0.2) is 0 Å². The molecule has 4 rings (SSSR count). The molecule has 2 aromatic rings. The minimum absolute atomic E-state index is 0.364. The van der Waals surface area contributed by atoms with E-state index in [1.54, 1.807) is 31.1 Å². The van der Waals surface area contributed by atoms with Crippen LogP contribution in [0.25, 0.3) is 0 Å². The van der Waals surface area contributed by atoms with Gasteiger partial charge in [0.05, 0.1) is 32.3 Å². The van der Waals surface area contributed by atoms with Gasteiger partial charge in [0.2, 0.25) is 0 Å². The van der Waals surface area contributed by atoms with Crippen LogP contribution in [-0.4, -0.2) is 60.6 Å². The summed E-state index contributed by atoms with van der Waals surface area (Å²) >= 11 is -3.88. The smallest absolute Gasteiger partial charge is 0.133 e. The molecule has 0 atom stereocenters. The third-order valence-corrected chi connectivity index (χ3v) is 64.0. The number of aryl methyl sites for hydroxylation is 6. The van der Waals surface area contributed by atoms with Gasteiger partial charge in [0.25, 0.3) is 0 Å². The molecule has 0 saturated heterocycles. The van der Waals surface area contributed by atoms with E-state index in [1.807, 2.05) is 0 Å². The van der Waals surface area contributed by atoms with Gasteiger partial charge in [-0.15, -0.1) is 16.2 Å². The molecule has 0 aliphatic carbocycles. The normalized spacial score (nSPS) is 16.7. The lowest BCUT2D eigenvalue weighted by atomic mass is 9.92. The van der Waals surface area contributed by atoms with Gasteiger partial charge in [-0.25, -0.2) is 0 Å². The van der Waals surface area contributed by atoms with E-state index in [9.17, 15) is 0 Å². The molecule has 0 N–H and O–H groups in total. The molecule has 0 fully saturated rings. The van der Waals surface area contributed by atoms with Crippen molar-refractivity contribution in [1.82, 2.24) is 0 Å². The number of hydrogen-bond donors (Lipinski definition) is 0. The highest BCUT2D eigenvalue weighted by Crippen LogP contribution is 2.58. The van der Waals surface area contributed by atoms with Crippen molar-refractivity contribution < 1.29 is 0 Å². The fourth-order valence-corrected chi connectivity index (χ4v) is 75.7. The van der Waals surface area contributed by atoms with Crippen LogP contribution in [-0.2, 0) is 0 Å². The van der Waals surface area contributed by atoms with E-state index in [0.29, 0.717) is 78.3 Å². The van der Waals surface area contributed by atoms with E-state index in [2.05, 4.69) is 273 Å². The molecule has 390 valence electrons. The lowest BCUT2D eigenvalue weighted by Gasteiger charge is -2.56. The molecule has 0 radical (unpaired) electrons. The van der Waals surface area contributed by atoms with Crippen molar-refractivity contribution in [3.8, 4) is 0 Å². The Morgan fingerprint density at radius 2 is 0.414 bits per heavy atom. The van der Waals surface area contributed by atoms with Crippen LogP contribution in [0.2, 0.25) is 66.5 Å². The van der Waals surface area contributed by atoms with Crippen LogP contribution >= 0.6 is 0 Å². The van der Waals surface area contributed by atoms with Crippen LogP contribution in [0.3, 0.4) is 0 Å². The van der Waals surface area contributed by atoms with Crippen LogP contribution in [0.1, 0.15) is 200 Å². The van der Waals surface area contributed by atoms with Crippen molar-refractivity contribution in [2.45, 2.75) is 274 Å². The van der Waals surface area contributed by atoms with Crippen molar-refractivity contribution in [3.63, 3.8) is 0 Å². The molecule has 0 amide bonds. The van der Waals surface area contributed by atoms with Crippen LogP contribution in [0, 0.1) is 53.4 Å². The van der Waals surface area contributed by atoms with Gasteiger partial charge in [-0.2, -0.15) is 0 Å². The molecule has 6 heteroatoms. The average molecular weight is 1050 g/mol. The Bertz CT molecular complexity index is 1880. The van der Waals surface area contributed by atoms with Gasteiger partial charge in [-0.05, 0) is 108 Å². The maximum absolute atomic E-state index is 3.15. The Hall–Kier alpha value is -0.668. The minimum atomic E-state index is -2.17. The summed E-state index contributed by atoms with van der Waals surface area (Å²) in [5.41, 5.74) is 17.1. The molecule has 0 bridgehead atoms. The van der Waals surface area contributed by atoms with E-state index in [0.717, 1.165) is 0 Å². The molecule has 70 heavy (non-hydrogen) atoms. The standard InChI is InChI=1S/C46H90Si4.2C9H11.2Al/c1-33(2)47(34(3)4,35(5)6)29-25-45(26-30-48(36(7)8,37(9)10)38(11)12)46(27-31-49(39(13)14,40(15)16)41(17)18)28-32-50(42(19)20,43(21)22)44(23)24;2*1-7-4-8(2)6-9(3)5-7;;/h25-28,33-46H,1-24H3;2*4-5H,1-3H3;;. The van der Waals surface area contributed by atoms with Gasteiger partial charge >= 0.3 is 28.3 Å². The van der Waals surface area contributed by atoms with Crippen molar-refractivity contribution >= 4 is 69.4 Å². The average Bonchev–Trinajstić information content (AvgIpc) is 3.17. The highest BCUT2D eigenvalue weighted by molar-refractivity contribution is 7.17. The summed E-state index contributed by atoms with van der Waals surface area (Å²) in [6.45, 7) is 79.1. The summed E-state index contributed by atoms with van der Waals surface area (Å²) in [5.74, 6) is 0.727. The monoisotopic (exact) mass is 1050 g/mol. The first-order valence-electron chi connectivity index (χ1n) is 29.2. The summed E-state index contributed by atoms with van der Waals surface area (Å²) in [7, 11) is -8.70. The largest absolute Gasteiger partial charge is 0.366 e. The van der Waals surface area contributed by atoms with E-state index in [1.165, 1.54) is 11.1 Å². The molecule has 2 aromatic carbocycles. The number of allylic oxidation sites excluding steroid dienone is 4. The maximum Gasteiger partial charge on any atom is 0.366 e. The van der Waals surface area contributed by atoms with Gasteiger partial charge in [-0.1, -0.05) is 257 Å². The minimum Gasteiger partial charge on any atom is -0.133 e. The van der Waals surface area contributed by atoms with Crippen molar-refractivity contribution in [3.05, 3.63) is 98.2 Å². The molecule has 0 nitrogen and oxygen atoms in total. The van der Waals surface area contributed by atoms with E-state index >= 15 is 0 Å². The number of hydrogen-bond acceptors (Lipinski definition) is 0. The summed E-state index contributed by atoms with van der Waals surface area (Å²) < 4.78 is 11.8. The second kappa shape index (κ2) is 23.3. The summed E-state index contributed by atoms with van der Waals surface area (Å²) in [6, 6.07) is 10.3. The molecule has 0 unspecified atom stereocenters. The molecule has 0 saturated carbocycles. The fourth-order valence-electron chi connectivity index (χ4n) is 19.6. The Morgan fingerprint density at radius 1 is 0.271 bits per heavy atom. The topological polar surface area (TPSA) is 0 Å². The first kappa shape index (κ1) is 61.9. The van der Waals surface area contributed by atoms with Gasteiger partial charge in [0, 0.05) is 11.8 Å². The highest BCUT2D eigenvalue weighted by atomic mass is 28.3. The molecule has 0 spiro atoms. The van der Waals surface area contributed by atoms with E-state index in [-0.39, 0.29) is 0 Å². The number of rotatable bonds is 19. The lowest BCUT2D eigenvalue weighted by Crippen LogP contribution is -2.63. The second-order valence-electron chi connectivity index (χ2n) is 27.7. The molecule has 0 aromatic heterocycles. The van der Waals surface area contributed by atoms with Crippen molar-refractivity contribution in [2.75, 3.05) is 0 Å². The predicted octanol–water partition coefficient (Wildman–Crippen LogP) is 19.6.